The molecule has 7 heterocycles. The molecule has 1 N–H and O–H groups in total. The minimum absolute atomic E-state index is 0.107. The Morgan fingerprint density at radius 3 is 1.12 bits per heavy atom. The van der Waals surface area contributed by atoms with Crippen molar-refractivity contribution in [3.05, 3.63) is 285 Å². The van der Waals surface area contributed by atoms with E-state index in [0.717, 1.165) is 61.7 Å². The number of benzene rings is 12. The van der Waals surface area contributed by atoms with Gasteiger partial charge in [0.15, 0.2) is 0 Å². The van der Waals surface area contributed by atoms with Crippen LogP contribution in [0.25, 0.3) is 159 Å². The SMILES string of the molecule is C1=CC(n2c3ccccc3c3ccccc32)NC(n2c3ccccc3c3cc4c(cc32)c2ccccc2n4-c2cccc(-n3c4ccccc4c4c3ccc3c5ccccc5n(-c5cccc(-n6c7ccccc7c7ccccc76)c5)c34)c2)=C1. The Bertz CT molecular complexity index is 5820. The summed E-state index contributed by atoms with van der Waals surface area (Å²) in [6, 6.07) is 98.5. The molecule has 1 aliphatic heterocycles. The molecule has 1 unspecified atom stereocenters. The molecule has 0 saturated carbocycles. The minimum Gasteiger partial charge on any atom is -0.347 e. The van der Waals surface area contributed by atoms with Crippen LogP contribution in [-0.2, 0) is 0 Å². The first-order valence-electron chi connectivity index (χ1n) is 29.0. The lowest BCUT2D eigenvalue weighted by molar-refractivity contribution is 0.577. The zero-order valence-electron chi connectivity index (χ0n) is 45.4. The fourth-order valence-corrected chi connectivity index (χ4v) is 14.8. The second kappa shape index (κ2) is 17.1. The highest BCUT2D eigenvalue weighted by molar-refractivity contribution is 6.26. The molecular formula is C77H49N7. The van der Waals surface area contributed by atoms with Crippen LogP contribution in [0.3, 0.4) is 0 Å². The van der Waals surface area contributed by atoms with Crippen molar-refractivity contribution in [2.45, 2.75) is 6.17 Å². The Morgan fingerprint density at radius 1 is 0.250 bits per heavy atom. The molecule has 392 valence electrons. The van der Waals surface area contributed by atoms with Gasteiger partial charge < -0.3 is 28.2 Å². The molecule has 7 nitrogen and oxygen atoms in total. The van der Waals surface area contributed by atoms with E-state index in [2.05, 4.69) is 318 Å². The van der Waals surface area contributed by atoms with Gasteiger partial charge in [-0.15, -0.1) is 0 Å². The summed E-state index contributed by atoms with van der Waals surface area (Å²) in [6.07, 6.45) is 6.60. The topological polar surface area (TPSA) is 41.6 Å². The van der Waals surface area contributed by atoms with Gasteiger partial charge in [0.05, 0.1) is 66.2 Å². The van der Waals surface area contributed by atoms with Gasteiger partial charge in [-0.1, -0.05) is 170 Å². The summed E-state index contributed by atoms with van der Waals surface area (Å²) in [4.78, 5) is 0. The maximum absolute atomic E-state index is 4.02. The predicted octanol–water partition coefficient (Wildman–Crippen LogP) is 19.4. The average molecular weight is 1070 g/mol. The van der Waals surface area contributed by atoms with Gasteiger partial charge in [0.25, 0.3) is 0 Å². The summed E-state index contributed by atoms with van der Waals surface area (Å²) in [5.41, 5.74) is 18.5. The molecule has 84 heavy (non-hydrogen) atoms. The normalized spacial score (nSPS) is 14.0. The number of hydrogen-bond acceptors (Lipinski definition) is 1. The van der Waals surface area contributed by atoms with Crippen molar-refractivity contribution in [3.63, 3.8) is 0 Å². The molecule has 0 saturated heterocycles. The van der Waals surface area contributed by atoms with E-state index in [1.54, 1.807) is 0 Å². The van der Waals surface area contributed by atoms with Crippen LogP contribution < -0.4 is 5.32 Å². The second-order valence-corrected chi connectivity index (χ2v) is 22.5. The molecule has 0 fully saturated rings. The Kier molecular flexibility index (Phi) is 9.27. The average Bonchev–Trinajstić information content (AvgIpc) is 1.92. The number of aromatic nitrogens is 6. The van der Waals surface area contributed by atoms with Crippen molar-refractivity contribution in [2.24, 2.45) is 0 Å². The van der Waals surface area contributed by atoms with Crippen molar-refractivity contribution in [3.8, 4) is 22.7 Å². The van der Waals surface area contributed by atoms with Gasteiger partial charge in [0, 0.05) is 87.4 Å². The molecule has 1 atom stereocenters. The number of nitrogens with one attached hydrogen (secondary N) is 1. The molecule has 0 spiro atoms. The van der Waals surface area contributed by atoms with E-state index >= 15 is 0 Å². The molecule has 0 radical (unpaired) electrons. The van der Waals surface area contributed by atoms with Crippen molar-refractivity contribution < 1.29 is 0 Å². The maximum Gasteiger partial charge on any atom is 0.124 e. The molecule has 12 aromatic carbocycles. The summed E-state index contributed by atoms with van der Waals surface area (Å²) in [7, 11) is 0. The third kappa shape index (κ3) is 6.19. The summed E-state index contributed by atoms with van der Waals surface area (Å²) in [6.45, 7) is 0. The molecule has 7 heteroatoms. The van der Waals surface area contributed by atoms with E-state index in [-0.39, 0.29) is 6.17 Å². The highest BCUT2D eigenvalue weighted by Crippen LogP contribution is 2.45. The molecule has 18 aromatic rings. The Balaban J connectivity index is 0.789. The Morgan fingerprint density at radius 2 is 0.607 bits per heavy atom. The van der Waals surface area contributed by atoms with Gasteiger partial charge in [-0.05, 0) is 115 Å². The lowest BCUT2D eigenvalue weighted by atomic mass is 10.1. The summed E-state index contributed by atoms with van der Waals surface area (Å²) in [5.74, 6) is 1.03. The first kappa shape index (κ1) is 45.4. The standard InChI is InChI=1S/C77H49N7/c1-9-32-63-52(24-1)53-25-2-10-33-64(53)79(63)48-20-18-23-51(45-48)82-66-35-12-5-28-56(66)59-42-43-71-76(77(59)82)60-31-8-16-39-70(60)80(71)49-21-17-22-50(44-49)81-65-34-11-6-29-57(65)61-47-73-62(46-72(61)81)58-30-7-15-38-69(58)84(73)75-41-19-40-74(78-75)83-67-36-13-3-26-54(67)55-27-4-14-37-68(55)83/h1-47,74,78H. The van der Waals surface area contributed by atoms with E-state index in [1.165, 1.54) is 97.7 Å². The summed E-state index contributed by atoms with van der Waals surface area (Å²) < 4.78 is 14.8. The first-order valence-corrected chi connectivity index (χ1v) is 29.0. The number of dihydropyridines is 1. The van der Waals surface area contributed by atoms with E-state index < -0.39 is 0 Å². The fraction of sp³-hybridized carbons (Fsp3) is 0.0130. The largest absolute Gasteiger partial charge is 0.347 e. The Labute approximate surface area is 480 Å². The van der Waals surface area contributed by atoms with Crippen LogP contribution in [0.2, 0.25) is 0 Å². The van der Waals surface area contributed by atoms with Crippen LogP contribution in [0.1, 0.15) is 6.17 Å². The number of hydrogen-bond donors (Lipinski definition) is 1. The van der Waals surface area contributed by atoms with Crippen LogP contribution >= 0.6 is 0 Å². The summed E-state index contributed by atoms with van der Waals surface area (Å²) in [5, 5.41) is 18.7. The second-order valence-electron chi connectivity index (χ2n) is 22.5. The number of para-hydroxylation sites is 8. The van der Waals surface area contributed by atoms with E-state index in [9.17, 15) is 0 Å². The van der Waals surface area contributed by atoms with Gasteiger partial charge in [0.1, 0.15) is 12.0 Å². The van der Waals surface area contributed by atoms with Crippen LogP contribution in [0.15, 0.2) is 285 Å². The van der Waals surface area contributed by atoms with Crippen LogP contribution in [0.5, 0.6) is 0 Å². The van der Waals surface area contributed by atoms with E-state index in [1.807, 2.05) is 0 Å². The first-order chi connectivity index (χ1) is 41.7. The quantitative estimate of drug-likeness (QED) is 0.177. The maximum atomic E-state index is 4.02. The third-order valence-corrected chi connectivity index (χ3v) is 18.2. The van der Waals surface area contributed by atoms with Crippen molar-refractivity contribution in [2.75, 3.05) is 0 Å². The highest BCUT2D eigenvalue weighted by Gasteiger charge is 2.26. The smallest absolute Gasteiger partial charge is 0.124 e. The molecule has 0 aliphatic carbocycles. The molecule has 0 bridgehead atoms. The molecular weight excluding hydrogens is 1020 g/mol. The number of fused-ring (bicyclic) bond motifs is 19. The highest BCUT2D eigenvalue weighted by atomic mass is 15.3. The van der Waals surface area contributed by atoms with Crippen molar-refractivity contribution >= 4 is 137 Å². The van der Waals surface area contributed by atoms with Crippen molar-refractivity contribution in [1.82, 2.24) is 32.7 Å². The lowest BCUT2D eigenvalue weighted by Gasteiger charge is -2.26. The van der Waals surface area contributed by atoms with Gasteiger partial charge in [-0.2, -0.15) is 0 Å². The molecule has 1 aliphatic rings. The van der Waals surface area contributed by atoms with Crippen LogP contribution in [0.4, 0.5) is 0 Å². The zero-order valence-corrected chi connectivity index (χ0v) is 45.4. The third-order valence-electron chi connectivity index (χ3n) is 18.2. The van der Waals surface area contributed by atoms with Gasteiger partial charge in [-0.3, -0.25) is 4.57 Å². The van der Waals surface area contributed by atoms with E-state index in [0.29, 0.717) is 0 Å². The van der Waals surface area contributed by atoms with Crippen LogP contribution in [-0.4, -0.2) is 27.4 Å². The molecule has 19 rings (SSSR count). The number of allylic oxidation sites excluding steroid dienone is 2. The van der Waals surface area contributed by atoms with Crippen LogP contribution in [0, 0.1) is 0 Å². The molecule has 6 aromatic heterocycles. The minimum atomic E-state index is -0.107. The zero-order chi connectivity index (χ0) is 54.7. The predicted molar refractivity (Wildman–Crippen MR) is 352 cm³/mol. The Hall–Kier alpha value is -11.3. The van der Waals surface area contributed by atoms with Gasteiger partial charge >= 0.3 is 0 Å². The lowest BCUT2D eigenvalue weighted by Crippen LogP contribution is -2.28. The van der Waals surface area contributed by atoms with Gasteiger partial charge in [0.2, 0.25) is 0 Å². The fourth-order valence-electron chi connectivity index (χ4n) is 14.8. The molecule has 0 amide bonds. The monoisotopic (exact) mass is 1070 g/mol. The summed E-state index contributed by atoms with van der Waals surface area (Å²) >= 11 is 0. The van der Waals surface area contributed by atoms with Gasteiger partial charge in [-0.25, -0.2) is 0 Å². The number of rotatable bonds is 6. The number of nitrogens with zero attached hydrogens (tertiary/aromatic N) is 6. The van der Waals surface area contributed by atoms with Crippen molar-refractivity contribution in [1.29, 1.82) is 0 Å². The van der Waals surface area contributed by atoms with E-state index in [4.69, 9.17) is 0 Å².